The zero-order valence-electron chi connectivity index (χ0n) is 14.9. The second-order valence-corrected chi connectivity index (χ2v) is 5.94. The predicted octanol–water partition coefficient (Wildman–Crippen LogP) is 4.52. The summed E-state index contributed by atoms with van der Waals surface area (Å²) < 4.78 is 40.0. The number of pyridine rings is 1. The van der Waals surface area contributed by atoms with Gasteiger partial charge in [-0.1, -0.05) is 0 Å². The van der Waals surface area contributed by atoms with E-state index in [1.165, 1.54) is 36.7 Å². The molecule has 0 saturated heterocycles. The molecule has 2 heterocycles. The zero-order chi connectivity index (χ0) is 20.3. The molecule has 0 fully saturated rings. The molecule has 1 amide bonds. The lowest BCUT2D eigenvalue weighted by Crippen LogP contribution is -2.29. The molecule has 2 aromatic heterocycles. The first-order valence-electron chi connectivity index (χ1n) is 8.47. The number of amides is 1. The Morgan fingerprint density at radius 3 is 2.54 bits per heavy atom. The monoisotopic (exact) mass is 390 g/mol. The first-order chi connectivity index (χ1) is 13.4. The molecule has 0 spiro atoms. The van der Waals surface area contributed by atoms with Crippen molar-refractivity contribution in [1.29, 1.82) is 0 Å². The summed E-state index contributed by atoms with van der Waals surface area (Å²) in [6, 6.07) is 8.71. The predicted molar refractivity (Wildman–Crippen MR) is 97.9 cm³/mol. The second kappa shape index (κ2) is 8.12. The highest BCUT2D eigenvalue weighted by molar-refractivity contribution is 5.87. The van der Waals surface area contributed by atoms with E-state index < -0.39 is 24.9 Å². The van der Waals surface area contributed by atoms with Crippen molar-refractivity contribution in [2.75, 3.05) is 11.4 Å². The SMILES string of the molecule is CCN(C(=O)O)c1cc(-c2cn(CC(F)F)nc2-c2ccc(F)cc2)ccn1. The van der Waals surface area contributed by atoms with E-state index in [1.54, 1.807) is 19.1 Å². The number of aromatic nitrogens is 3. The van der Waals surface area contributed by atoms with Crippen LogP contribution in [0.2, 0.25) is 0 Å². The summed E-state index contributed by atoms with van der Waals surface area (Å²) in [7, 11) is 0. The Balaban J connectivity index is 2.11. The van der Waals surface area contributed by atoms with Gasteiger partial charge in [0.2, 0.25) is 0 Å². The van der Waals surface area contributed by atoms with Crippen LogP contribution in [0.4, 0.5) is 23.8 Å². The standard InChI is InChI=1S/C19H17F3N4O2/c1-2-26(19(27)28)17-9-13(7-8-23-17)15-10-25(11-16(21)22)24-18(15)12-3-5-14(20)6-4-12/h3-10,16H,2,11H2,1H3,(H,27,28). The van der Waals surface area contributed by atoms with Crippen LogP contribution in [0.25, 0.3) is 22.4 Å². The van der Waals surface area contributed by atoms with Gasteiger partial charge in [0.1, 0.15) is 23.9 Å². The molecule has 3 rings (SSSR count). The van der Waals surface area contributed by atoms with Gasteiger partial charge in [0.05, 0.1) is 0 Å². The minimum absolute atomic E-state index is 0.196. The fourth-order valence-electron chi connectivity index (χ4n) is 2.82. The first kappa shape index (κ1) is 19.4. The Bertz CT molecular complexity index is 974. The highest BCUT2D eigenvalue weighted by atomic mass is 19.3. The third-order valence-corrected chi connectivity index (χ3v) is 4.08. The third-order valence-electron chi connectivity index (χ3n) is 4.08. The first-order valence-corrected chi connectivity index (χ1v) is 8.47. The summed E-state index contributed by atoms with van der Waals surface area (Å²) in [6.07, 6.45) is -0.848. The molecule has 0 aliphatic heterocycles. The molecule has 0 aliphatic carbocycles. The molecule has 0 unspecified atom stereocenters. The number of halogens is 3. The number of rotatable bonds is 6. The lowest BCUT2D eigenvalue weighted by Gasteiger charge is -2.16. The summed E-state index contributed by atoms with van der Waals surface area (Å²) in [5.74, 6) is -0.220. The molecular formula is C19H17F3N4O2. The molecule has 0 saturated carbocycles. The Morgan fingerprint density at radius 2 is 1.93 bits per heavy atom. The van der Waals surface area contributed by atoms with Crippen molar-refractivity contribution >= 4 is 11.9 Å². The van der Waals surface area contributed by atoms with Gasteiger partial charge in [-0.05, 0) is 48.9 Å². The average Bonchev–Trinajstić information content (AvgIpc) is 3.06. The third kappa shape index (κ3) is 4.13. The number of alkyl halides is 2. The van der Waals surface area contributed by atoms with Gasteiger partial charge < -0.3 is 5.11 Å². The molecule has 3 aromatic rings. The average molecular weight is 390 g/mol. The largest absolute Gasteiger partial charge is 0.465 e. The molecule has 28 heavy (non-hydrogen) atoms. The minimum Gasteiger partial charge on any atom is -0.465 e. The van der Waals surface area contributed by atoms with E-state index in [4.69, 9.17) is 0 Å². The lowest BCUT2D eigenvalue weighted by molar-refractivity contribution is 0.122. The van der Waals surface area contributed by atoms with Gasteiger partial charge in [0.15, 0.2) is 0 Å². The van der Waals surface area contributed by atoms with Crippen LogP contribution in [0.5, 0.6) is 0 Å². The van der Waals surface area contributed by atoms with E-state index >= 15 is 0 Å². The maximum atomic E-state index is 13.3. The number of hydrogen-bond donors (Lipinski definition) is 1. The van der Waals surface area contributed by atoms with Crippen LogP contribution in [-0.2, 0) is 6.54 Å². The van der Waals surface area contributed by atoms with Gasteiger partial charge in [0, 0.05) is 30.1 Å². The topological polar surface area (TPSA) is 71.2 Å². The molecule has 1 N–H and O–H groups in total. The van der Waals surface area contributed by atoms with Crippen molar-refractivity contribution in [3.63, 3.8) is 0 Å². The molecule has 1 aromatic carbocycles. The van der Waals surface area contributed by atoms with Crippen molar-refractivity contribution in [3.05, 3.63) is 54.6 Å². The van der Waals surface area contributed by atoms with Gasteiger partial charge in [-0.2, -0.15) is 5.10 Å². The quantitative estimate of drug-likeness (QED) is 0.672. The van der Waals surface area contributed by atoms with Crippen molar-refractivity contribution in [2.45, 2.75) is 19.9 Å². The maximum absolute atomic E-state index is 13.3. The van der Waals surface area contributed by atoms with Crippen LogP contribution in [0.1, 0.15) is 6.92 Å². The Hall–Kier alpha value is -3.36. The van der Waals surface area contributed by atoms with Crippen molar-refractivity contribution in [3.8, 4) is 22.4 Å². The van der Waals surface area contributed by atoms with Gasteiger partial charge >= 0.3 is 6.09 Å². The van der Waals surface area contributed by atoms with E-state index in [2.05, 4.69) is 10.1 Å². The maximum Gasteiger partial charge on any atom is 0.412 e. The summed E-state index contributed by atoms with van der Waals surface area (Å²) >= 11 is 0. The van der Waals surface area contributed by atoms with Crippen LogP contribution in [0, 0.1) is 5.82 Å². The highest BCUT2D eigenvalue weighted by Crippen LogP contribution is 2.32. The molecule has 0 radical (unpaired) electrons. The number of carboxylic acid groups (broad SMARTS) is 1. The summed E-state index contributed by atoms with van der Waals surface area (Å²) in [4.78, 5) is 16.5. The molecule has 146 valence electrons. The van der Waals surface area contributed by atoms with Crippen LogP contribution < -0.4 is 4.90 Å². The van der Waals surface area contributed by atoms with E-state index in [-0.39, 0.29) is 12.4 Å². The van der Waals surface area contributed by atoms with Gasteiger partial charge in [-0.3, -0.25) is 9.58 Å². The number of carbonyl (C=O) groups is 1. The smallest absolute Gasteiger partial charge is 0.412 e. The normalized spacial score (nSPS) is 11.0. The van der Waals surface area contributed by atoms with E-state index in [1.807, 2.05) is 0 Å². The summed E-state index contributed by atoms with van der Waals surface area (Å²) in [5.41, 5.74) is 2.01. The second-order valence-electron chi connectivity index (χ2n) is 5.94. The van der Waals surface area contributed by atoms with Crippen molar-refractivity contribution < 1.29 is 23.1 Å². The highest BCUT2D eigenvalue weighted by Gasteiger charge is 2.18. The number of anilines is 1. The van der Waals surface area contributed by atoms with Crippen LogP contribution in [-0.4, -0.2) is 38.9 Å². The van der Waals surface area contributed by atoms with Gasteiger partial charge in [-0.25, -0.2) is 22.9 Å². The Morgan fingerprint density at radius 1 is 1.21 bits per heavy atom. The molecule has 9 heteroatoms. The van der Waals surface area contributed by atoms with Crippen molar-refractivity contribution in [1.82, 2.24) is 14.8 Å². The van der Waals surface area contributed by atoms with Gasteiger partial charge in [-0.15, -0.1) is 0 Å². The van der Waals surface area contributed by atoms with E-state index in [9.17, 15) is 23.1 Å². The number of nitrogens with zero attached hydrogens (tertiary/aromatic N) is 4. The Kier molecular flexibility index (Phi) is 5.62. The van der Waals surface area contributed by atoms with Crippen LogP contribution in [0.15, 0.2) is 48.8 Å². The minimum atomic E-state index is -2.59. The van der Waals surface area contributed by atoms with E-state index in [0.717, 1.165) is 9.58 Å². The fraction of sp³-hybridized carbons (Fsp3) is 0.211. The van der Waals surface area contributed by atoms with Crippen LogP contribution >= 0.6 is 0 Å². The molecule has 6 nitrogen and oxygen atoms in total. The lowest BCUT2D eigenvalue weighted by atomic mass is 10.0. The van der Waals surface area contributed by atoms with E-state index in [0.29, 0.717) is 22.4 Å². The molecular weight excluding hydrogens is 373 g/mol. The van der Waals surface area contributed by atoms with Crippen LogP contribution in [0.3, 0.4) is 0 Å². The number of benzene rings is 1. The molecule has 0 bridgehead atoms. The summed E-state index contributed by atoms with van der Waals surface area (Å²) in [5, 5.41) is 13.5. The fourth-order valence-corrected chi connectivity index (χ4v) is 2.82. The van der Waals surface area contributed by atoms with Gasteiger partial charge in [0.25, 0.3) is 6.43 Å². The molecule has 0 atom stereocenters. The zero-order valence-corrected chi connectivity index (χ0v) is 14.9. The van der Waals surface area contributed by atoms with Crippen molar-refractivity contribution in [2.24, 2.45) is 0 Å². The molecule has 0 aliphatic rings. The Labute approximate surface area is 158 Å². The summed E-state index contributed by atoms with van der Waals surface area (Å²) in [6.45, 7) is 1.27. The number of hydrogen-bond acceptors (Lipinski definition) is 3.